The molecule has 1 atom stereocenters. The van der Waals surface area contributed by atoms with Gasteiger partial charge in [0.05, 0.1) is 22.8 Å². The minimum absolute atomic E-state index is 0.0762. The first-order valence-corrected chi connectivity index (χ1v) is 11.2. The maximum Gasteiger partial charge on any atom is 0.316 e. The molecule has 0 aliphatic heterocycles. The van der Waals surface area contributed by atoms with E-state index in [2.05, 4.69) is 10.5 Å². The van der Waals surface area contributed by atoms with Crippen molar-refractivity contribution < 1.29 is 18.8 Å². The summed E-state index contributed by atoms with van der Waals surface area (Å²) in [6, 6.07) is 9.12. The number of benzene rings is 1. The van der Waals surface area contributed by atoms with Gasteiger partial charge in [-0.3, -0.25) is 19.1 Å². The van der Waals surface area contributed by atoms with Crippen LogP contribution >= 0.6 is 11.8 Å². The molecule has 0 spiro atoms. The first kappa shape index (κ1) is 23.4. The van der Waals surface area contributed by atoms with Gasteiger partial charge in [-0.25, -0.2) is 4.68 Å². The standard InChI is InChI=1S/C22H26N4O5S/c1-13-18(15(3)31-24-13)11-32-12-19(27)30-16(4)21(28)23-20-14(2)25(5)26(22(20)29)17-9-7-6-8-10-17/h6-10,16H,11-12H2,1-5H3,(H,23,28). The van der Waals surface area contributed by atoms with Crippen LogP contribution in [0.25, 0.3) is 5.69 Å². The lowest BCUT2D eigenvalue weighted by Crippen LogP contribution is -2.32. The van der Waals surface area contributed by atoms with E-state index in [4.69, 9.17) is 9.26 Å². The molecule has 3 aromatic rings. The molecule has 2 aromatic heterocycles. The van der Waals surface area contributed by atoms with E-state index in [0.29, 0.717) is 17.1 Å². The number of nitrogens with zero attached hydrogens (tertiary/aromatic N) is 3. The number of aryl methyl sites for hydroxylation is 2. The number of esters is 1. The lowest BCUT2D eigenvalue weighted by Gasteiger charge is -2.13. The van der Waals surface area contributed by atoms with Crippen LogP contribution in [0.5, 0.6) is 0 Å². The van der Waals surface area contributed by atoms with Crippen LogP contribution in [0.4, 0.5) is 5.69 Å². The van der Waals surface area contributed by atoms with Crippen LogP contribution in [0.3, 0.4) is 0 Å². The Bertz CT molecular complexity index is 1160. The van der Waals surface area contributed by atoms with Gasteiger partial charge in [-0.15, -0.1) is 11.8 Å². The Hall–Kier alpha value is -3.27. The van der Waals surface area contributed by atoms with E-state index in [0.717, 1.165) is 17.0 Å². The molecule has 1 unspecified atom stereocenters. The van der Waals surface area contributed by atoms with Crippen molar-refractivity contribution in [2.75, 3.05) is 11.1 Å². The third-order valence-corrected chi connectivity index (χ3v) is 6.06. The van der Waals surface area contributed by atoms with Gasteiger partial charge in [-0.2, -0.15) is 0 Å². The molecule has 0 aliphatic carbocycles. The number of rotatable bonds is 8. The smallest absolute Gasteiger partial charge is 0.316 e. The van der Waals surface area contributed by atoms with E-state index in [1.807, 2.05) is 32.0 Å². The fourth-order valence-electron chi connectivity index (χ4n) is 3.17. The highest BCUT2D eigenvalue weighted by molar-refractivity contribution is 7.99. The van der Waals surface area contributed by atoms with E-state index < -0.39 is 18.0 Å². The number of anilines is 1. The molecular weight excluding hydrogens is 432 g/mol. The third kappa shape index (κ3) is 4.96. The summed E-state index contributed by atoms with van der Waals surface area (Å²) < 4.78 is 13.5. The Balaban J connectivity index is 1.60. The predicted octanol–water partition coefficient (Wildman–Crippen LogP) is 2.89. The summed E-state index contributed by atoms with van der Waals surface area (Å²) >= 11 is 1.35. The zero-order valence-corrected chi connectivity index (χ0v) is 19.5. The number of amides is 1. The summed E-state index contributed by atoms with van der Waals surface area (Å²) in [6.45, 7) is 6.87. The van der Waals surface area contributed by atoms with Crippen molar-refractivity contribution >= 4 is 29.3 Å². The third-order valence-electron chi connectivity index (χ3n) is 5.13. The van der Waals surface area contributed by atoms with Gasteiger partial charge in [0.2, 0.25) is 0 Å². The Morgan fingerprint density at radius 2 is 1.91 bits per heavy atom. The molecule has 1 N–H and O–H groups in total. The quantitative estimate of drug-likeness (QED) is 0.517. The molecule has 0 bridgehead atoms. The lowest BCUT2D eigenvalue weighted by atomic mass is 10.2. The van der Waals surface area contributed by atoms with Crippen molar-refractivity contribution in [3.05, 3.63) is 63.4 Å². The van der Waals surface area contributed by atoms with Crippen molar-refractivity contribution in [1.29, 1.82) is 0 Å². The van der Waals surface area contributed by atoms with Crippen molar-refractivity contribution in [3.8, 4) is 5.69 Å². The monoisotopic (exact) mass is 458 g/mol. The number of hydrogen-bond donors (Lipinski definition) is 1. The van der Waals surface area contributed by atoms with Crippen LogP contribution < -0.4 is 10.9 Å². The topological polar surface area (TPSA) is 108 Å². The summed E-state index contributed by atoms with van der Waals surface area (Å²) in [5.41, 5.74) is 2.78. The van der Waals surface area contributed by atoms with Crippen molar-refractivity contribution in [2.45, 2.75) is 39.6 Å². The van der Waals surface area contributed by atoms with Crippen LogP contribution in [0.15, 0.2) is 39.6 Å². The van der Waals surface area contributed by atoms with Gasteiger partial charge in [0.1, 0.15) is 11.4 Å². The second kappa shape index (κ2) is 9.90. The average Bonchev–Trinajstić information content (AvgIpc) is 3.19. The zero-order valence-electron chi connectivity index (χ0n) is 18.7. The molecule has 3 rings (SSSR count). The Kier molecular flexibility index (Phi) is 7.24. The van der Waals surface area contributed by atoms with E-state index in [1.54, 1.807) is 30.8 Å². The minimum atomic E-state index is -1.05. The Morgan fingerprint density at radius 3 is 2.53 bits per heavy atom. The van der Waals surface area contributed by atoms with Crippen molar-refractivity contribution in [2.24, 2.45) is 7.05 Å². The molecule has 0 aliphatic rings. The first-order chi connectivity index (χ1) is 15.2. The highest BCUT2D eigenvalue weighted by Crippen LogP contribution is 2.20. The number of nitrogens with one attached hydrogen (secondary N) is 1. The Labute approximate surface area is 189 Å². The van der Waals surface area contributed by atoms with E-state index in [1.165, 1.54) is 23.4 Å². The highest BCUT2D eigenvalue weighted by atomic mass is 32.2. The molecule has 2 heterocycles. The van der Waals surface area contributed by atoms with Crippen molar-refractivity contribution in [1.82, 2.24) is 14.5 Å². The molecule has 32 heavy (non-hydrogen) atoms. The maximum atomic E-state index is 12.9. The fourth-order valence-corrected chi connectivity index (χ4v) is 4.12. The number of carbonyl (C=O) groups is 2. The van der Waals surface area contributed by atoms with Gasteiger partial charge in [-0.05, 0) is 39.8 Å². The SMILES string of the molecule is Cc1noc(C)c1CSCC(=O)OC(C)C(=O)Nc1c(C)n(C)n(-c2ccccc2)c1=O. The van der Waals surface area contributed by atoms with Gasteiger partial charge in [-0.1, -0.05) is 23.4 Å². The van der Waals surface area contributed by atoms with E-state index >= 15 is 0 Å². The second-order valence-corrected chi connectivity index (χ2v) is 8.34. The molecule has 0 saturated heterocycles. The number of ether oxygens (including phenoxy) is 1. The number of carbonyl (C=O) groups excluding carboxylic acids is 2. The molecule has 0 saturated carbocycles. The number of para-hydroxylation sites is 1. The first-order valence-electron chi connectivity index (χ1n) is 10.0. The molecule has 0 radical (unpaired) electrons. The molecular formula is C22H26N4O5S. The van der Waals surface area contributed by atoms with Gasteiger partial charge < -0.3 is 14.6 Å². The number of thioether (sulfide) groups is 1. The highest BCUT2D eigenvalue weighted by Gasteiger charge is 2.23. The molecule has 1 aromatic carbocycles. The summed E-state index contributed by atoms with van der Waals surface area (Å²) in [5, 5.41) is 6.49. The normalized spacial score (nSPS) is 11.9. The number of aromatic nitrogens is 3. The fraction of sp³-hybridized carbons (Fsp3) is 0.364. The van der Waals surface area contributed by atoms with Crippen LogP contribution in [0.1, 0.15) is 29.6 Å². The number of hydrogen-bond acceptors (Lipinski definition) is 7. The van der Waals surface area contributed by atoms with Gasteiger partial charge in [0.15, 0.2) is 6.10 Å². The average molecular weight is 459 g/mol. The van der Waals surface area contributed by atoms with E-state index in [-0.39, 0.29) is 17.0 Å². The van der Waals surface area contributed by atoms with Crippen LogP contribution in [-0.4, -0.2) is 38.3 Å². The summed E-state index contributed by atoms with van der Waals surface area (Å²) in [5.74, 6) is 0.262. The van der Waals surface area contributed by atoms with Crippen molar-refractivity contribution in [3.63, 3.8) is 0 Å². The van der Waals surface area contributed by atoms with Gasteiger partial charge in [0.25, 0.3) is 11.5 Å². The Morgan fingerprint density at radius 1 is 1.22 bits per heavy atom. The largest absolute Gasteiger partial charge is 0.452 e. The summed E-state index contributed by atoms with van der Waals surface area (Å²) in [7, 11) is 1.74. The van der Waals surface area contributed by atoms with Crippen LogP contribution in [0, 0.1) is 20.8 Å². The van der Waals surface area contributed by atoms with E-state index in [9.17, 15) is 14.4 Å². The second-order valence-electron chi connectivity index (χ2n) is 7.35. The molecule has 170 valence electrons. The molecule has 0 fully saturated rings. The minimum Gasteiger partial charge on any atom is -0.452 e. The van der Waals surface area contributed by atoms with Gasteiger partial charge in [0, 0.05) is 18.4 Å². The van der Waals surface area contributed by atoms with Crippen LogP contribution in [0.2, 0.25) is 0 Å². The maximum absolute atomic E-state index is 12.9. The summed E-state index contributed by atoms with van der Waals surface area (Å²) in [6.07, 6.45) is -1.05. The lowest BCUT2D eigenvalue weighted by molar-refractivity contribution is -0.150. The van der Waals surface area contributed by atoms with Crippen LogP contribution in [-0.2, 0) is 27.1 Å². The van der Waals surface area contributed by atoms with Gasteiger partial charge >= 0.3 is 5.97 Å². The molecule has 1 amide bonds. The molecule has 9 nitrogen and oxygen atoms in total. The summed E-state index contributed by atoms with van der Waals surface area (Å²) in [4.78, 5) is 37.6. The molecule has 10 heteroatoms. The predicted molar refractivity (Wildman–Crippen MR) is 122 cm³/mol. The zero-order chi connectivity index (χ0) is 23.4.